The van der Waals surface area contributed by atoms with Crippen LogP contribution in [0.4, 0.5) is 18.9 Å². The molecular formula is C22H23Cl2F3N2O3S. The lowest BCUT2D eigenvalue weighted by atomic mass is 10.0. The fourth-order valence-corrected chi connectivity index (χ4v) is 5.54. The van der Waals surface area contributed by atoms with Gasteiger partial charge >= 0.3 is 6.18 Å². The fourth-order valence-electron chi connectivity index (χ4n) is 3.76. The Morgan fingerprint density at radius 1 is 1.15 bits per heavy atom. The van der Waals surface area contributed by atoms with E-state index in [0.29, 0.717) is 18.1 Å². The summed E-state index contributed by atoms with van der Waals surface area (Å²) in [5.41, 5.74) is 1.21. The van der Waals surface area contributed by atoms with Crippen molar-refractivity contribution in [3.63, 3.8) is 0 Å². The van der Waals surface area contributed by atoms with Gasteiger partial charge in [0.1, 0.15) is 0 Å². The lowest BCUT2D eigenvalue weighted by Gasteiger charge is -2.46. The summed E-state index contributed by atoms with van der Waals surface area (Å²) in [5, 5.41) is 9.70. The Kier molecular flexibility index (Phi) is 7.99. The second-order valence-corrected chi connectivity index (χ2v) is 10.2. The quantitative estimate of drug-likeness (QED) is 0.614. The molecule has 2 aromatic rings. The van der Waals surface area contributed by atoms with E-state index in [0.717, 1.165) is 5.69 Å². The highest BCUT2D eigenvalue weighted by atomic mass is 35.5. The zero-order valence-electron chi connectivity index (χ0n) is 17.9. The van der Waals surface area contributed by atoms with Gasteiger partial charge in [0.25, 0.3) is 5.91 Å². The van der Waals surface area contributed by atoms with Gasteiger partial charge in [-0.2, -0.15) is 13.2 Å². The van der Waals surface area contributed by atoms with Gasteiger partial charge in [0.15, 0.2) is 6.10 Å². The molecule has 5 nitrogen and oxygen atoms in total. The van der Waals surface area contributed by atoms with Crippen LogP contribution in [0.3, 0.4) is 0 Å². The number of aliphatic hydroxyl groups is 1. The third-order valence-electron chi connectivity index (χ3n) is 5.78. The molecule has 1 heterocycles. The number of benzene rings is 2. The zero-order valence-corrected chi connectivity index (χ0v) is 20.2. The van der Waals surface area contributed by atoms with Crippen molar-refractivity contribution in [2.45, 2.75) is 43.1 Å². The monoisotopic (exact) mass is 522 g/mol. The van der Waals surface area contributed by atoms with Gasteiger partial charge in [-0.15, -0.1) is 0 Å². The Morgan fingerprint density at radius 3 is 2.45 bits per heavy atom. The van der Waals surface area contributed by atoms with Crippen LogP contribution in [-0.2, 0) is 10.8 Å². The molecule has 0 bridgehead atoms. The van der Waals surface area contributed by atoms with Crippen LogP contribution in [0.25, 0.3) is 0 Å². The van der Waals surface area contributed by atoms with Gasteiger partial charge in [0.05, 0.1) is 26.5 Å². The summed E-state index contributed by atoms with van der Waals surface area (Å²) in [5.74, 6) is -1.31. The highest BCUT2D eigenvalue weighted by Gasteiger charge is 2.39. The maximum absolute atomic E-state index is 13.2. The van der Waals surface area contributed by atoms with Crippen molar-refractivity contribution in [1.29, 1.82) is 0 Å². The number of amides is 1. The summed E-state index contributed by atoms with van der Waals surface area (Å²) in [6.07, 6.45) is -7.60. The zero-order chi connectivity index (χ0) is 24.5. The average Bonchev–Trinajstić information content (AvgIpc) is 2.74. The summed E-state index contributed by atoms with van der Waals surface area (Å²) in [7, 11) is -2.18. The van der Waals surface area contributed by atoms with Crippen molar-refractivity contribution in [3.05, 3.63) is 58.1 Å². The largest absolute Gasteiger partial charge is 0.415 e. The molecule has 0 aliphatic carbocycles. The second-order valence-electron chi connectivity index (χ2n) is 7.87. The number of rotatable bonds is 5. The Hall–Kier alpha value is -1.81. The molecule has 1 aliphatic heterocycles. The van der Waals surface area contributed by atoms with E-state index in [1.807, 2.05) is 32.0 Å². The summed E-state index contributed by atoms with van der Waals surface area (Å²) in [6.45, 7) is 4.97. The normalized spacial score (nSPS) is 21.1. The molecule has 1 N–H and O–H groups in total. The molecular weight excluding hydrogens is 500 g/mol. The molecule has 180 valence electrons. The maximum atomic E-state index is 13.2. The molecule has 11 heteroatoms. The minimum Gasteiger partial charge on any atom is -0.383 e. The van der Waals surface area contributed by atoms with Gasteiger partial charge in [-0.1, -0.05) is 29.3 Å². The van der Waals surface area contributed by atoms with Gasteiger partial charge in [0, 0.05) is 41.4 Å². The van der Waals surface area contributed by atoms with Crippen LogP contribution < -0.4 is 4.90 Å². The topological polar surface area (TPSA) is 60.9 Å². The number of carbonyl (C=O) groups excluding carboxylic acids is 1. The van der Waals surface area contributed by atoms with Crippen molar-refractivity contribution in [2.75, 3.05) is 23.7 Å². The highest BCUT2D eigenvalue weighted by molar-refractivity contribution is 7.85. The number of aliphatic hydroxyl groups excluding tert-OH is 1. The first kappa shape index (κ1) is 25.8. The van der Waals surface area contributed by atoms with E-state index in [-0.39, 0.29) is 33.5 Å². The van der Waals surface area contributed by atoms with Gasteiger partial charge in [-0.05, 0) is 50.2 Å². The van der Waals surface area contributed by atoms with Crippen LogP contribution in [0.2, 0.25) is 10.0 Å². The van der Waals surface area contributed by atoms with Crippen LogP contribution in [0.5, 0.6) is 0 Å². The molecule has 2 unspecified atom stereocenters. The molecule has 2 aromatic carbocycles. The molecule has 1 amide bonds. The van der Waals surface area contributed by atoms with Crippen LogP contribution >= 0.6 is 23.2 Å². The summed E-state index contributed by atoms with van der Waals surface area (Å²) < 4.78 is 49.9. The second kappa shape index (κ2) is 10.2. The van der Waals surface area contributed by atoms with Gasteiger partial charge < -0.3 is 14.9 Å². The van der Waals surface area contributed by atoms with Crippen molar-refractivity contribution >= 4 is 45.6 Å². The van der Waals surface area contributed by atoms with Crippen molar-refractivity contribution in [2.24, 2.45) is 0 Å². The minimum absolute atomic E-state index is 0.00716. The standard InChI is InChI=1S/C22H23Cl2F3N2O3S/c1-13-14(2)29(9-8-28(13)17-5-3-4-16(23)11-17)21(31)15-6-7-19(18(24)10-15)33(32)12-20(30)22(25,26)27/h3-7,10-11,13-14,20,30H,8-9,12H2,1-2H3/t13-,14-,20?,33?/m0/s1. The molecule has 0 spiro atoms. The van der Waals surface area contributed by atoms with Crippen molar-refractivity contribution in [1.82, 2.24) is 4.90 Å². The summed E-state index contributed by atoms with van der Waals surface area (Å²) >= 11 is 12.3. The third-order valence-corrected chi connectivity index (χ3v) is 7.90. The number of hydrogen-bond donors (Lipinski definition) is 1. The van der Waals surface area contributed by atoms with E-state index in [1.54, 1.807) is 11.0 Å². The van der Waals surface area contributed by atoms with Crippen LogP contribution in [0.15, 0.2) is 47.4 Å². The van der Waals surface area contributed by atoms with Crippen LogP contribution in [0.1, 0.15) is 24.2 Å². The SMILES string of the molecule is C[C@H]1[C@H](C)N(c2cccc(Cl)c2)CCN1C(=O)c1ccc(S(=O)CC(O)C(F)(F)F)c(Cl)c1. The summed E-state index contributed by atoms with van der Waals surface area (Å²) in [6, 6.07) is 11.3. The van der Waals surface area contributed by atoms with E-state index >= 15 is 0 Å². The number of piperazine rings is 1. The van der Waals surface area contributed by atoms with E-state index in [2.05, 4.69) is 4.90 Å². The number of nitrogens with zero attached hydrogens (tertiary/aromatic N) is 2. The Labute approximate surface area is 202 Å². The van der Waals surface area contributed by atoms with Gasteiger partial charge in [-0.25, -0.2) is 0 Å². The molecule has 0 radical (unpaired) electrons. The first-order valence-electron chi connectivity index (χ1n) is 10.2. The van der Waals surface area contributed by atoms with Crippen LogP contribution in [-0.4, -0.2) is 63.3 Å². The Morgan fingerprint density at radius 2 is 1.85 bits per heavy atom. The predicted molar refractivity (Wildman–Crippen MR) is 124 cm³/mol. The van der Waals surface area contributed by atoms with Crippen LogP contribution in [0, 0.1) is 0 Å². The fraction of sp³-hybridized carbons (Fsp3) is 0.409. The number of anilines is 1. The smallest absolute Gasteiger partial charge is 0.383 e. The van der Waals surface area contributed by atoms with Gasteiger partial charge in [0.2, 0.25) is 0 Å². The molecule has 1 aliphatic rings. The summed E-state index contributed by atoms with van der Waals surface area (Å²) in [4.78, 5) is 17.0. The molecule has 0 saturated carbocycles. The lowest BCUT2D eigenvalue weighted by molar-refractivity contribution is -0.196. The molecule has 0 aromatic heterocycles. The Balaban J connectivity index is 1.73. The maximum Gasteiger partial charge on any atom is 0.415 e. The van der Waals surface area contributed by atoms with Crippen molar-refractivity contribution < 1.29 is 27.3 Å². The number of alkyl halides is 3. The molecule has 3 rings (SSSR count). The molecule has 4 atom stereocenters. The van der Waals surface area contributed by atoms with Crippen molar-refractivity contribution in [3.8, 4) is 0 Å². The van der Waals surface area contributed by atoms with E-state index in [9.17, 15) is 22.2 Å². The highest BCUT2D eigenvalue weighted by Crippen LogP contribution is 2.29. The lowest BCUT2D eigenvalue weighted by Crippen LogP contribution is -2.59. The first-order chi connectivity index (χ1) is 15.4. The number of carbonyl (C=O) groups is 1. The van der Waals surface area contributed by atoms with E-state index in [4.69, 9.17) is 28.3 Å². The molecule has 1 fully saturated rings. The number of halogens is 5. The Bertz CT molecular complexity index is 1050. The molecule has 33 heavy (non-hydrogen) atoms. The van der Waals surface area contributed by atoms with Gasteiger partial charge in [-0.3, -0.25) is 9.00 Å². The third kappa shape index (κ3) is 5.82. The molecule has 1 saturated heterocycles. The van der Waals surface area contributed by atoms with E-state index < -0.39 is 28.8 Å². The number of hydrogen-bond acceptors (Lipinski definition) is 4. The minimum atomic E-state index is -4.88. The van der Waals surface area contributed by atoms with E-state index in [1.165, 1.54) is 18.2 Å². The predicted octanol–water partition coefficient (Wildman–Crippen LogP) is 4.76. The average molecular weight is 523 g/mol. The first-order valence-corrected chi connectivity index (χ1v) is 12.2.